The van der Waals surface area contributed by atoms with Gasteiger partial charge in [0.15, 0.2) is 0 Å². The van der Waals surface area contributed by atoms with E-state index in [1.165, 1.54) is 7.05 Å². The van der Waals surface area contributed by atoms with Gasteiger partial charge in [-0.25, -0.2) is 13.1 Å². The number of nitrogens with zero attached hydrogens (tertiary/aromatic N) is 1. The molecule has 0 heterocycles. The van der Waals surface area contributed by atoms with Crippen LogP contribution in [-0.4, -0.2) is 15.5 Å². The van der Waals surface area contributed by atoms with Gasteiger partial charge in [-0.1, -0.05) is 12.1 Å². The second-order valence-electron chi connectivity index (χ2n) is 3.13. The summed E-state index contributed by atoms with van der Waals surface area (Å²) in [4.78, 5) is 0. The normalized spacial score (nSPS) is 13.1. The molecule has 0 aliphatic heterocycles. The van der Waals surface area contributed by atoms with Gasteiger partial charge in [-0.05, 0) is 31.7 Å². The molecule has 80 valence electrons. The fourth-order valence-electron chi connectivity index (χ4n) is 1.18. The standard InChI is InChI=1S/C10H12N2O2S/c1-8(15(13,14)12-2)10-5-3-9(7-11)4-6-10/h3-6,8,12H,1-2H3. The van der Waals surface area contributed by atoms with Crippen LogP contribution in [0.3, 0.4) is 0 Å². The molecule has 0 amide bonds. The van der Waals surface area contributed by atoms with Gasteiger partial charge in [0.2, 0.25) is 10.0 Å². The lowest BCUT2D eigenvalue weighted by Crippen LogP contribution is -2.23. The SMILES string of the molecule is CNS(=O)(=O)C(C)c1ccc(C#N)cc1. The van der Waals surface area contributed by atoms with Gasteiger partial charge in [0, 0.05) is 0 Å². The topological polar surface area (TPSA) is 70.0 Å². The van der Waals surface area contributed by atoms with Crippen molar-refractivity contribution in [2.24, 2.45) is 0 Å². The molecule has 0 aliphatic rings. The molecule has 4 nitrogen and oxygen atoms in total. The molecule has 0 saturated heterocycles. The predicted molar refractivity (Wildman–Crippen MR) is 57.6 cm³/mol. The number of benzene rings is 1. The fourth-order valence-corrected chi connectivity index (χ4v) is 2.05. The molecule has 15 heavy (non-hydrogen) atoms. The molecular weight excluding hydrogens is 212 g/mol. The third-order valence-corrected chi connectivity index (χ3v) is 4.03. The number of nitrogens with one attached hydrogen (secondary N) is 1. The van der Waals surface area contributed by atoms with Crippen molar-refractivity contribution >= 4 is 10.0 Å². The van der Waals surface area contributed by atoms with Crippen LogP contribution in [0.4, 0.5) is 0 Å². The van der Waals surface area contributed by atoms with E-state index in [0.717, 1.165) is 0 Å². The first-order valence-corrected chi connectivity index (χ1v) is 5.98. The average Bonchev–Trinajstić information content (AvgIpc) is 2.28. The van der Waals surface area contributed by atoms with Crippen molar-refractivity contribution in [2.45, 2.75) is 12.2 Å². The molecule has 5 heteroatoms. The Kier molecular flexibility index (Phi) is 3.45. The number of sulfonamides is 1. The van der Waals surface area contributed by atoms with Crippen LogP contribution >= 0.6 is 0 Å². The van der Waals surface area contributed by atoms with Crippen LogP contribution in [0.2, 0.25) is 0 Å². The fraction of sp³-hybridized carbons (Fsp3) is 0.300. The monoisotopic (exact) mass is 224 g/mol. The van der Waals surface area contributed by atoms with Gasteiger partial charge in [-0.3, -0.25) is 0 Å². The number of hydrogen-bond acceptors (Lipinski definition) is 3. The number of rotatable bonds is 3. The minimum atomic E-state index is -3.30. The van der Waals surface area contributed by atoms with Crippen LogP contribution in [0, 0.1) is 11.3 Å². The van der Waals surface area contributed by atoms with Gasteiger partial charge in [0.05, 0.1) is 16.9 Å². The van der Waals surface area contributed by atoms with E-state index in [9.17, 15) is 8.42 Å². The second-order valence-corrected chi connectivity index (χ2v) is 5.33. The summed E-state index contributed by atoms with van der Waals surface area (Å²) in [5.41, 5.74) is 1.19. The van der Waals surface area contributed by atoms with Gasteiger partial charge in [-0.2, -0.15) is 5.26 Å². The van der Waals surface area contributed by atoms with E-state index in [1.807, 2.05) is 6.07 Å². The predicted octanol–water partition coefficient (Wildman–Crippen LogP) is 1.17. The largest absolute Gasteiger partial charge is 0.218 e. The summed E-state index contributed by atoms with van der Waals surface area (Å²) in [6.45, 7) is 1.60. The molecule has 1 N–H and O–H groups in total. The highest BCUT2D eigenvalue weighted by molar-refractivity contribution is 7.89. The highest BCUT2D eigenvalue weighted by Gasteiger charge is 2.19. The van der Waals surface area contributed by atoms with E-state index < -0.39 is 15.3 Å². The maximum absolute atomic E-state index is 11.5. The van der Waals surface area contributed by atoms with Crippen molar-refractivity contribution in [3.05, 3.63) is 35.4 Å². The van der Waals surface area contributed by atoms with Crippen LogP contribution in [0.5, 0.6) is 0 Å². The second kappa shape index (κ2) is 4.43. The summed E-state index contributed by atoms with van der Waals surface area (Å²) in [7, 11) is -1.92. The van der Waals surface area contributed by atoms with Gasteiger partial charge >= 0.3 is 0 Å². The lowest BCUT2D eigenvalue weighted by molar-refractivity contribution is 0.578. The van der Waals surface area contributed by atoms with Crippen LogP contribution in [0.15, 0.2) is 24.3 Å². The summed E-state index contributed by atoms with van der Waals surface area (Å²) < 4.78 is 25.2. The van der Waals surface area contributed by atoms with Gasteiger partial charge in [0.25, 0.3) is 0 Å². The van der Waals surface area contributed by atoms with Crippen molar-refractivity contribution in [1.82, 2.24) is 4.72 Å². The molecule has 0 aromatic heterocycles. The molecule has 0 aliphatic carbocycles. The van der Waals surface area contributed by atoms with Gasteiger partial charge in [0.1, 0.15) is 0 Å². The first kappa shape index (κ1) is 11.7. The maximum atomic E-state index is 11.5. The Labute approximate surface area is 89.6 Å². The summed E-state index contributed by atoms with van der Waals surface area (Å²) in [6, 6.07) is 8.50. The minimum absolute atomic E-state index is 0.521. The Morgan fingerprint density at radius 1 is 1.33 bits per heavy atom. The zero-order chi connectivity index (χ0) is 11.5. The van der Waals surface area contributed by atoms with Gasteiger partial charge in [-0.15, -0.1) is 0 Å². The van der Waals surface area contributed by atoms with Crippen molar-refractivity contribution in [1.29, 1.82) is 5.26 Å². The highest BCUT2D eigenvalue weighted by atomic mass is 32.2. The van der Waals surface area contributed by atoms with E-state index in [0.29, 0.717) is 11.1 Å². The highest BCUT2D eigenvalue weighted by Crippen LogP contribution is 2.20. The Morgan fingerprint density at radius 2 is 1.87 bits per heavy atom. The van der Waals surface area contributed by atoms with Crippen LogP contribution in [-0.2, 0) is 10.0 Å². The lowest BCUT2D eigenvalue weighted by Gasteiger charge is -2.11. The zero-order valence-corrected chi connectivity index (χ0v) is 9.38. The summed E-state index contributed by atoms with van der Waals surface area (Å²) in [5.74, 6) is 0. The van der Waals surface area contributed by atoms with E-state index in [-0.39, 0.29) is 0 Å². The zero-order valence-electron chi connectivity index (χ0n) is 8.56. The molecule has 1 rings (SSSR count). The van der Waals surface area contributed by atoms with Crippen molar-refractivity contribution < 1.29 is 8.42 Å². The molecular formula is C10H12N2O2S. The molecule has 1 atom stereocenters. The Bertz CT molecular complexity index is 471. The maximum Gasteiger partial charge on any atom is 0.218 e. The van der Waals surface area contributed by atoms with E-state index in [1.54, 1.807) is 31.2 Å². The Balaban J connectivity index is 3.04. The van der Waals surface area contributed by atoms with Crippen molar-refractivity contribution in [2.75, 3.05) is 7.05 Å². The molecule has 1 unspecified atom stereocenters. The number of hydrogen-bond donors (Lipinski definition) is 1. The van der Waals surface area contributed by atoms with Crippen LogP contribution in [0.25, 0.3) is 0 Å². The summed E-state index contributed by atoms with van der Waals surface area (Å²) in [5, 5.41) is 7.98. The number of nitriles is 1. The van der Waals surface area contributed by atoms with E-state index in [4.69, 9.17) is 5.26 Å². The molecule has 0 radical (unpaired) electrons. The Morgan fingerprint density at radius 3 is 2.27 bits per heavy atom. The molecule has 0 bridgehead atoms. The van der Waals surface area contributed by atoms with Gasteiger partial charge < -0.3 is 0 Å². The van der Waals surface area contributed by atoms with Crippen LogP contribution < -0.4 is 4.72 Å². The summed E-state index contributed by atoms with van der Waals surface area (Å²) in [6.07, 6.45) is 0. The molecule has 0 saturated carbocycles. The molecule has 1 aromatic rings. The third kappa shape index (κ3) is 2.55. The van der Waals surface area contributed by atoms with Crippen LogP contribution in [0.1, 0.15) is 23.3 Å². The summed E-state index contributed by atoms with van der Waals surface area (Å²) >= 11 is 0. The Hall–Kier alpha value is -1.38. The first-order valence-electron chi connectivity index (χ1n) is 4.43. The van der Waals surface area contributed by atoms with Crippen molar-refractivity contribution in [3.63, 3.8) is 0 Å². The molecule has 0 fully saturated rings. The lowest BCUT2D eigenvalue weighted by atomic mass is 10.1. The molecule has 1 aromatic carbocycles. The first-order chi connectivity index (χ1) is 7.01. The van der Waals surface area contributed by atoms with Crippen molar-refractivity contribution in [3.8, 4) is 6.07 Å². The third-order valence-electron chi connectivity index (χ3n) is 2.26. The molecule has 0 spiro atoms. The van der Waals surface area contributed by atoms with E-state index >= 15 is 0 Å². The van der Waals surface area contributed by atoms with E-state index in [2.05, 4.69) is 4.72 Å². The minimum Gasteiger partial charge on any atom is -0.218 e. The quantitative estimate of drug-likeness (QED) is 0.837. The average molecular weight is 224 g/mol. The smallest absolute Gasteiger partial charge is 0.218 e.